The molecule has 27 heavy (non-hydrogen) atoms. The van der Waals surface area contributed by atoms with Gasteiger partial charge in [0.2, 0.25) is 11.8 Å². The van der Waals surface area contributed by atoms with E-state index in [9.17, 15) is 24.9 Å². The minimum absolute atomic E-state index is 0.0233. The molecule has 2 amide bonds. The molecule has 1 heterocycles. The molecule has 10 nitrogen and oxygen atoms in total. The number of rotatable bonds is 6. The van der Waals surface area contributed by atoms with E-state index in [1.54, 1.807) is 0 Å². The highest BCUT2D eigenvalue weighted by atomic mass is 16.5. The highest BCUT2D eigenvalue weighted by Gasteiger charge is 2.35. The molecule has 1 fully saturated rings. The Hall–Kier alpha value is -1.30. The van der Waals surface area contributed by atoms with Crippen LogP contribution in [0.15, 0.2) is 0 Å². The second-order valence-electron chi connectivity index (χ2n) is 6.95. The van der Waals surface area contributed by atoms with Crippen LogP contribution in [0.2, 0.25) is 0 Å². The first-order chi connectivity index (χ1) is 12.8. The predicted molar refractivity (Wildman–Crippen MR) is 96.3 cm³/mol. The number of nitrogens with zero attached hydrogens (tertiary/aromatic N) is 1. The maximum absolute atomic E-state index is 12.6. The molecule has 0 aromatic heterocycles. The van der Waals surface area contributed by atoms with Crippen molar-refractivity contribution in [2.24, 2.45) is 11.5 Å². The van der Waals surface area contributed by atoms with Crippen molar-refractivity contribution < 1.29 is 34.8 Å². The summed E-state index contributed by atoms with van der Waals surface area (Å²) >= 11 is 0. The molecule has 0 bridgehead atoms. The van der Waals surface area contributed by atoms with Gasteiger partial charge < -0.3 is 41.5 Å². The summed E-state index contributed by atoms with van der Waals surface area (Å²) in [5, 5.41) is 39.8. The van der Waals surface area contributed by atoms with Crippen molar-refractivity contribution in [3.05, 3.63) is 0 Å². The zero-order chi connectivity index (χ0) is 20.4. The van der Waals surface area contributed by atoms with Crippen LogP contribution in [0.3, 0.4) is 0 Å². The first kappa shape index (κ1) is 23.7. The maximum atomic E-state index is 12.6. The number of hydrogen-bond donors (Lipinski definition) is 6. The molecule has 0 aliphatic carbocycles. The summed E-state index contributed by atoms with van der Waals surface area (Å²) in [6.07, 6.45) is -2.33. The van der Waals surface area contributed by atoms with E-state index in [4.69, 9.17) is 21.3 Å². The number of ether oxygens (including phenoxy) is 1. The lowest BCUT2D eigenvalue weighted by molar-refractivity contribution is -0.152. The van der Waals surface area contributed by atoms with Gasteiger partial charge in [-0.15, -0.1) is 0 Å². The van der Waals surface area contributed by atoms with Crippen LogP contribution >= 0.6 is 0 Å². The van der Waals surface area contributed by atoms with Crippen molar-refractivity contribution in [2.75, 3.05) is 26.3 Å². The van der Waals surface area contributed by atoms with Crippen LogP contribution in [-0.4, -0.2) is 93.9 Å². The summed E-state index contributed by atoms with van der Waals surface area (Å²) in [7, 11) is 0. The molecule has 8 N–H and O–H groups in total. The third kappa shape index (κ3) is 8.08. The number of hydrogen-bond acceptors (Lipinski definition) is 8. The molecule has 5 atom stereocenters. The lowest BCUT2D eigenvalue weighted by Crippen LogP contribution is -2.54. The normalized spacial score (nSPS) is 27.9. The van der Waals surface area contributed by atoms with Crippen LogP contribution < -0.4 is 11.5 Å². The molecule has 0 unspecified atom stereocenters. The zero-order valence-electron chi connectivity index (χ0n) is 15.6. The molecule has 1 aliphatic rings. The van der Waals surface area contributed by atoms with Crippen LogP contribution in [0.25, 0.3) is 0 Å². The Morgan fingerprint density at radius 2 is 1.85 bits per heavy atom. The Labute approximate surface area is 159 Å². The average Bonchev–Trinajstić information content (AvgIpc) is 2.64. The lowest BCUT2D eigenvalue weighted by Gasteiger charge is -2.34. The van der Waals surface area contributed by atoms with Crippen molar-refractivity contribution in [1.29, 1.82) is 0 Å². The summed E-state index contributed by atoms with van der Waals surface area (Å²) < 4.78 is 5.46. The van der Waals surface area contributed by atoms with Crippen molar-refractivity contribution in [3.8, 4) is 0 Å². The number of primary amides is 1. The number of aliphatic hydroxyl groups excluding tert-OH is 4. The van der Waals surface area contributed by atoms with Crippen molar-refractivity contribution >= 4 is 11.8 Å². The molecular formula is C17H33N3O7. The summed E-state index contributed by atoms with van der Waals surface area (Å²) in [4.78, 5) is 24.8. The van der Waals surface area contributed by atoms with Gasteiger partial charge in [0.25, 0.3) is 0 Å². The Kier molecular flexibility index (Phi) is 10.7. The number of aliphatic hydroxyl groups is 4. The molecule has 1 rings (SSSR count). The molecule has 158 valence electrons. The molecule has 1 saturated heterocycles. The number of β-amino-alcohol motifs (C(OH)–C–C–N with tert-alkyl or cyclic N) is 1. The average molecular weight is 391 g/mol. The minimum atomic E-state index is -1.50. The number of nitrogens with two attached hydrogens (primary N) is 2. The Morgan fingerprint density at radius 1 is 1.19 bits per heavy atom. The van der Waals surface area contributed by atoms with Crippen LogP contribution in [0.4, 0.5) is 0 Å². The smallest absolute Gasteiger partial charge is 0.239 e. The van der Waals surface area contributed by atoms with Gasteiger partial charge in [-0.1, -0.05) is 12.8 Å². The van der Waals surface area contributed by atoms with Crippen LogP contribution in [0.5, 0.6) is 0 Å². The summed E-state index contributed by atoms with van der Waals surface area (Å²) in [5.41, 5.74) is 10.9. The minimum Gasteiger partial charge on any atom is -0.394 e. The molecule has 10 heteroatoms. The number of carbonyl (C=O) groups is 2. The highest BCUT2D eigenvalue weighted by molar-refractivity contribution is 5.82. The van der Waals surface area contributed by atoms with E-state index in [-0.39, 0.29) is 26.0 Å². The fourth-order valence-electron chi connectivity index (χ4n) is 3.02. The van der Waals surface area contributed by atoms with E-state index in [0.717, 1.165) is 12.8 Å². The molecule has 0 saturated carbocycles. The van der Waals surface area contributed by atoms with Gasteiger partial charge in [0.05, 0.1) is 12.6 Å². The second kappa shape index (κ2) is 12.2. The maximum Gasteiger partial charge on any atom is 0.239 e. The van der Waals surface area contributed by atoms with E-state index in [1.807, 2.05) is 0 Å². The van der Waals surface area contributed by atoms with Gasteiger partial charge in [-0.2, -0.15) is 0 Å². The van der Waals surface area contributed by atoms with Crippen LogP contribution in [0, 0.1) is 0 Å². The fourth-order valence-corrected chi connectivity index (χ4v) is 3.02. The van der Waals surface area contributed by atoms with Crippen molar-refractivity contribution in [3.63, 3.8) is 0 Å². The predicted octanol–water partition coefficient (Wildman–Crippen LogP) is -2.56. The largest absolute Gasteiger partial charge is 0.394 e. The topological polar surface area (TPSA) is 180 Å². The Morgan fingerprint density at radius 3 is 2.48 bits per heavy atom. The van der Waals surface area contributed by atoms with Crippen molar-refractivity contribution in [2.45, 2.75) is 69.0 Å². The zero-order valence-corrected chi connectivity index (χ0v) is 15.6. The third-order valence-electron chi connectivity index (χ3n) is 4.67. The highest BCUT2D eigenvalue weighted by Crippen LogP contribution is 2.15. The standard InChI is InChI=1S/C17H33N3O7/c18-11(5-6-14(19)24)17(26)20-7-3-1-2-4-8-27-16(13(23)10-21)15(25)12(22)9-20/h11-13,15-16,21-23,25H,1-10,18H2,(H2,19,24)/t11-,12-,13+,15+,16+/m0/s1. The summed E-state index contributed by atoms with van der Waals surface area (Å²) in [5.74, 6) is -1.000. The fraction of sp³-hybridized carbons (Fsp3) is 0.882. The van der Waals surface area contributed by atoms with Gasteiger partial charge in [0.1, 0.15) is 24.4 Å². The SMILES string of the molecule is NC(=O)CC[C@H](N)C(=O)N1CCCCCCO[C@H]([C@H](O)CO)[C@H](O)[C@@H](O)C1. The molecular weight excluding hydrogens is 358 g/mol. The molecule has 1 aliphatic heterocycles. The third-order valence-corrected chi connectivity index (χ3v) is 4.67. The Bertz CT molecular complexity index is 466. The van der Waals surface area contributed by atoms with Gasteiger partial charge in [-0.05, 0) is 19.3 Å². The van der Waals surface area contributed by atoms with E-state index in [0.29, 0.717) is 19.4 Å². The van der Waals surface area contributed by atoms with Crippen LogP contribution in [-0.2, 0) is 14.3 Å². The van der Waals surface area contributed by atoms with E-state index in [2.05, 4.69) is 0 Å². The van der Waals surface area contributed by atoms with E-state index in [1.165, 1.54) is 4.90 Å². The second-order valence-corrected chi connectivity index (χ2v) is 6.95. The van der Waals surface area contributed by atoms with Gasteiger partial charge >= 0.3 is 0 Å². The van der Waals surface area contributed by atoms with Gasteiger partial charge in [-0.3, -0.25) is 9.59 Å². The number of carbonyl (C=O) groups excluding carboxylic acids is 2. The van der Waals surface area contributed by atoms with Gasteiger partial charge in [0.15, 0.2) is 0 Å². The molecule has 0 spiro atoms. The monoisotopic (exact) mass is 391 g/mol. The van der Waals surface area contributed by atoms with Crippen molar-refractivity contribution in [1.82, 2.24) is 4.90 Å². The Balaban J connectivity index is 2.85. The van der Waals surface area contributed by atoms with Gasteiger partial charge in [0, 0.05) is 26.1 Å². The molecule has 0 radical (unpaired) electrons. The first-order valence-electron chi connectivity index (χ1n) is 9.37. The summed E-state index contributed by atoms with van der Waals surface area (Å²) in [6.45, 7) is -0.204. The first-order valence-corrected chi connectivity index (χ1v) is 9.37. The molecule has 0 aromatic carbocycles. The van der Waals surface area contributed by atoms with E-state index < -0.39 is 48.9 Å². The van der Waals surface area contributed by atoms with E-state index >= 15 is 0 Å². The quantitative estimate of drug-likeness (QED) is 0.286. The van der Waals surface area contributed by atoms with Crippen LogP contribution in [0.1, 0.15) is 38.5 Å². The number of amides is 2. The van der Waals surface area contributed by atoms with Gasteiger partial charge in [-0.25, -0.2) is 0 Å². The lowest BCUT2D eigenvalue weighted by atomic mass is 10.0. The molecule has 0 aromatic rings. The summed E-state index contributed by atoms with van der Waals surface area (Å²) in [6, 6.07) is -0.940.